The molecule has 0 bridgehead atoms. The number of hydrogen-bond acceptors (Lipinski definition) is 2. The number of halogens is 1. The Kier molecular flexibility index (Phi) is 3.55. The van der Waals surface area contributed by atoms with E-state index in [9.17, 15) is 9.18 Å². The van der Waals surface area contributed by atoms with E-state index in [1.54, 1.807) is 6.07 Å². The molecule has 1 saturated carbocycles. The van der Waals surface area contributed by atoms with Gasteiger partial charge in [0.05, 0.1) is 5.69 Å². The minimum absolute atomic E-state index is 0.261. The van der Waals surface area contributed by atoms with Gasteiger partial charge in [-0.2, -0.15) is 0 Å². The molecule has 1 aromatic carbocycles. The van der Waals surface area contributed by atoms with Gasteiger partial charge in [-0.15, -0.1) is 0 Å². The number of carbonyl (C=O) groups is 1. The fraction of sp³-hybridized carbons (Fsp3) is 0.500. The number of hydrogen-bond donors (Lipinski definition) is 2. The van der Waals surface area contributed by atoms with Crippen LogP contribution in [0.15, 0.2) is 18.2 Å². The van der Waals surface area contributed by atoms with E-state index in [-0.39, 0.29) is 11.0 Å². The Labute approximate surface area is 106 Å². The van der Waals surface area contributed by atoms with Gasteiger partial charge < -0.3 is 10.4 Å². The van der Waals surface area contributed by atoms with Gasteiger partial charge in [0.2, 0.25) is 0 Å². The molecule has 18 heavy (non-hydrogen) atoms. The highest BCUT2D eigenvalue weighted by Crippen LogP contribution is 2.43. The van der Waals surface area contributed by atoms with Crippen LogP contribution in [0, 0.1) is 11.2 Å². The number of anilines is 1. The van der Waals surface area contributed by atoms with Crippen LogP contribution in [0.2, 0.25) is 0 Å². The first kappa shape index (κ1) is 12.9. The van der Waals surface area contributed by atoms with Crippen LogP contribution in [0.25, 0.3) is 0 Å². The predicted octanol–water partition coefficient (Wildman–Crippen LogP) is 3.52. The summed E-state index contributed by atoms with van der Waals surface area (Å²) in [7, 11) is 0. The molecule has 0 atom stereocenters. The first-order valence-corrected chi connectivity index (χ1v) is 6.34. The first-order valence-electron chi connectivity index (χ1n) is 6.34. The van der Waals surface area contributed by atoms with Gasteiger partial charge in [-0.25, -0.2) is 9.18 Å². The van der Waals surface area contributed by atoms with Crippen molar-refractivity contribution in [1.82, 2.24) is 0 Å². The van der Waals surface area contributed by atoms with Gasteiger partial charge >= 0.3 is 5.97 Å². The minimum atomic E-state index is -1.23. The molecule has 1 fully saturated rings. The van der Waals surface area contributed by atoms with Crippen LogP contribution in [-0.4, -0.2) is 17.6 Å². The normalized spacial score (nSPS) is 17.0. The Morgan fingerprint density at radius 2 is 2.22 bits per heavy atom. The van der Waals surface area contributed by atoms with Crippen molar-refractivity contribution in [3.8, 4) is 0 Å². The van der Waals surface area contributed by atoms with Gasteiger partial charge in [0.25, 0.3) is 0 Å². The molecule has 1 aliphatic carbocycles. The van der Waals surface area contributed by atoms with Gasteiger partial charge in [0.15, 0.2) is 0 Å². The van der Waals surface area contributed by atoms with Crippen LogP contribution in [0.4, 0.5) is 10.1 Å². The summed E-state index contributed by atoms with van der Waals surface area (Å²) in [4.78, 5) is 11.0. The molecule has 0 aromatic heterocycles. The van der Waals surface area contributed by atoms with E-state index < -0.39 is 11.8 Å². The maximum absolute atomic E-state index is 13.5. The highest BCUT2D eigenvalue weighted by Gasteiger charge is 2.35. The summed E-state index contributed by atoms with van der Waals surface area (Å²) in [5.41, 5.74) is 0.382. The van der Waals surface area contributed by atoms with Crippen molar-refractivity contribution >= 4 is 11.7 Å². The second-order valence-corrected chi connectivity index (χ2v) is 5.03. The average Bonchev–Trinajstić information content (AvgIpc) is 2.27. The number of rotatable bonds is 5. The van der Waals surface area contributed by atoms with E-state index in [0.29, 0.717) is 12.2 Å². The second kappa shape index (κ2) is 4.96. The third kappa shape index (κ3) is 2.33. The third-order valence-electron chi connectivity index (χ3n) is 4.05. The number of benzene rings is 1. The van der Waals surface area contributed by atoms with Crippen LogP contribution < -0.4 is 5.32 Å². The number of carboxylic acids is 1. The molecule has 1 aromatic rings. The maximum Gasteiger partial charge on any atom is 0.340 e. The monoisotopic (exact) mass is 251 g/mol. The molecular weight excluding hydrogens is 233 g/mol. The molecule has 2 rings (SSSR count). The fourth-order valence-electron chi connectivity index (χ4n) is 2.50. The van der Waals surface area contributed by atoms with E-state index in [4.69, 9.17) is 5.11 Å². The van der Waals surface area contributed by atoms with E-state index in [0.717, 1.165) is 19.3 Å². The molecule has 4 heteroatoms. The number of carboxylic acid groups (broad SMARTS) is 1. The van der Waals surface area contributed by atoms with Crippen LogP contribution in [0.3, 0.4) is 0 Å². The highest BCUT2D eigenvalue weighted by atomic mass is 19.1. The van der Waals surface area contributed by atoms with Crippen molar-refractivity contribution in [3.05, 3.63) is 29.6 Å². The molecule has 0 aliphatic heterocycles. The zero-order valence-corrected chi connectivity index (χ0v) is 10.5. The zero-order chi connectivity index (χ0) is 13.2. The Hall–Kier alpha value is -1.58. The van der Waals surface area contributed by atoms with Crippen molar-refractivity contribution in [3.63, 3.8) is 0 Å². The minimum Gasteiger partial charge on any atom is -0.478 e. The Morgan fingerprint density at radius 1 is 1.50 bits per heavy atom. The first-order chi connectivity index (χ1) is 8.58. The van der Waals surface area contributed by atoms with E-state index in [2.05, 4.69) is 12.2 Å². The van der Waals surface area contributed by atoms with E-state index in [1.807, 2.05) is 0 Å². The molecule has 98 valence electrons. The van der Waals surface area contributed by atoms with Crippen LogP contribution in [-0.2, 0) is 0 Å². The Balaban J connectivity index is 2.14. The largest absolute Gasteiger partial charge is 0.478 e. The van der Waals surface area contributed by atoms with Gasteiger partial charge in [-0.3, -0.25) is 0 Å². The maximum atomic E-state index is 13.5. The second-order valence-electron chi connectivity index (χ2n) is 5.03. The van der Waals surface area contributed by atoms with Crippen LogP contribution in [0.5, 0.6) is 0 Å². The van der Waals surface area contributed by atoms with Crippen molar-refractivity contribution < 1.29 is 14.3 Å². The van der Waals surface area contributed by atoms with Crippen LogP contribution >= 0.6 is 0 Å². The van der Waals surface area contributed by atoms with E-state index in [1.165, 1.54) is 18.6 Å². The predicted molar refractivity (Wildman–Crippen MR) is 68.4 cm³/mol. The molecule has 0 saturated heterocycles. The molecule has 0 unspecified atom stereocenters. The lowest BCUT2D eigenvalue weighted by molar-refractivity contribution is 0.0692. The van der Waals surface area contributed by atoms with E-state index >= 15 is 0 Å². The number of nitrogens with one attached hydrogen (secondary N) is 1. The summed E-state index contributed by atoms with van der Waals surface area (Å²) >= 11 is 0. The molecule has 2 N–H and O–H groups in total. The zero-order valence-electron chi connectivity index (χ0n) is 10.5. The lowest BCUT2D eigenvalue weighted by Gasteiger charge is -2.41. The topological polar surface area (TPSA) is 49.3 Å². The van der Waals surface area contributed by atoms with Crippen LogP contribution in [0.1, 0.15) is 43.0 Å². The Bertz CT molecular complexity index is 450. The molecule has 0 spiro atoms. The lowest BCUT2D eigenvalue weighted by atomic mass is 9.67. The SMILES string of the molecule is CCC1(CNc2cccc(F)c2C(=O)O)CCC1. The van der Waals surface area contributed by atoms with Crippen molar-refractivity contribution in [1.29, 1.82) is 0 Å². The summed E-state index contributed by atoms with van der Waals surface area (Å²) in [6.45, 7) is 2.86. The molecule has 0 heterocycles. The summed E-state index contributed by atoms with van der Waals surface area (Å²) in [6, 6.07) is 4.33. The summed E-state index contributed by atoms with van der Waals surface area (Å²) in [5, 5.41) is 12.1. The van der Waals surface area contributed by atoms with Gasteiger partial charge in [0.1, 0.15) is 11.4 Å². The Morgan fingerprint density at radius 3 is 2.72 bits per heavy atom. The standard InChI is InChI=1S/C14H18FNO2/c1-2-14(7-4-8-14)9-16-11-6-3-5-10(15)12(11)13(17)18/h3,5-6,16H,2,4,7-9H2,1H3,(H,17,18). The summed E-state index contributed by atoms with van der Waals surface area (Å²) in [5.74, 6) is -1.92. The fourth-order valence-corrected chi connectivity index (χ4v) is 2.50. The van der Waals surface area contributed by atoms with Crippen molar-refractivity contribution in [2.45, 2.75) is 32.6 Å². The highest BCUT2D eigenvalue weighted by molar-refractivity contribution is 5.94. The lowest BCUT2D eigenvalue weighted by Crippen LogP contribution is -2.36. The van der Waals surface area contributed by atoms with Gasteiger partial charge in [-0.05, 0) is 36.8 Å². The molecule has 0 radical (unpaired) electrons. The van der Waals surface area contributed by atoms with Crippen molar-refractivity contribution in [2.24, 2.45) is 5.41 Å². The summed E-state index contributed by atoms with van der Waals surface area (Å²) < 4.78 is 13.5. The van der Waals surface area contributed by atoms with Gasteiger partial charge in [0, 0.05) is 6.54 Å². The molecule has 1 aliphatic rings. The molecular formula is C14H18FNO2. The molecule has 0 amide bonds. The summed E-state index contributed by atoms with van der Waals surface area (Å²) in [6.07, 6.45) is 4.62. The smallest absolute Gasteiger partial charge is 0.340 e. The quantitative estimate of drug-likeness (QED) is 0.841. The average molecular weight is 251 g/mol. The number of aromatic carboxylic acids is 1. The third-order valence-corrected chi connectivity index (χ3v) is 4.05. The molecule has 3 nitrogen and oxygen atoms in total. The van der Waals surface area contributed by atoms with Gasteiger partial charge in [-0.1, -0.05) is 19.4 Å². The van der Waals surface area contributed by atoms with Crippen molar-refractivity contribution in [2.75, 3.05) is 11.9 Å².